The third kappa shape index (κ3) is 2.66. The number of hydrogen-bond donors (Lipinski definition) is 1. The number of aromatic amines is 1. The standard InChI is InChI=1S/C15H20N4O3/c20-14-4-3-11(16-17-14)15(21)19-8-12-13(9-19)22-6-5-18(12)7-10-1-2-10/h3-4,10,12-13H,1-2,5-9H2,(H,17,20)/t12-,13+/m1/s1. The minimum Gasteiger partial charge on any atom is -0.373 e. The van der Waals surface area contributed by atoms with Gasteiger partial charge in [0.05, 0.1) is 18.8 Å². The second kappa shape index (κ2) is 5.48. The molecule has 1 aromatic rings. The number of carbonyl (C=O) groups excluding carboxylic acids is 1. The molecule has 0 aromatic carbocycles. The van der Waals surface area contributed by atoms with Crippen molar-refractivity contribution in [3.63, 3.8) is 0 Å². The highest BCUT2D eigenvalue weighted by molar-refractivity contribution is 5.92. The normalized spacial score (nSPS) is 28.6. The first-order chi connectivity index (χ1) is 10.7. The van der Waals surface area contributed by atoms with Crippen molar-refractivity contribution >= 4 is 5.91 Å². The first kappa shape index (κ1) is 13.9. The first-order valence-electron chi connectivity index (χ1n) is 7.91. The number of likely N-dealkylation sites (tertiary alicyclic amines) is 1. The van der Waals surface area contributed by atoms with Gasteiger partial charge in [0.25, 0.3) is 11.5 Å². The lowest BCUT2D eigenvalue weighted by Gasteiger charge is -2.36. The second-order valence-corrected chi connectivity index (χ2v) is 6.43. The Hall–Kier alpha value is -1.73. The van der Waals surface area contributed by atoms with Crippen LogP contribution in [0.2, 0.25) is 0 Å². The van der Waals surface area contributed by atoms with Gasteiger partial charge in [-0.15, -0.1) is 0 Å². The summed E-state index contributed by atoms with van der Waals surface area (Å²) in [6, 6.07) is 3.10. The Bertz CT molecular complexity index is 607. The average molecular weight is 304 g/mol. The number of amides is 1. The molecule has 0 radical (unpaired) electrons. The van der Waals surface area contributed by atoms with Gasteiger partial charge in [0.2, 0.25) is 0 Å². The summed E-state index contributed by atoms with van der Waals surface area (Å²) in [5, 5.41) is 6.15. The van der Waals surface area contributed by atoms with Gasteiger partial charge in [-0.05, 0) is 24.8 Å². The van der Waals surface area contributed by atoms with Gasteiger partial charge in [-0.25, -0.2) is 5.10 Å². The van der Waals surface area contributed by atoms with Crippen molar-refractivity contribution in [2.75, 3.05) is 32.8 Å². The zero-order valence-electron chi connectivity index (χ0n) is 12.4. The zero-order chi connectivity index (χ0) is 15.1. The molecule has 1 aliphatic carbocycles. The third-order valence-corrected chi connectivity index (χ3v) is 4.79. The zero-order valence-corrected chi connectivity index (χ0v) is 12.4. The van der Waals surface area contributed by atoms with E-state index in [1.807, 2.05) is 0 Å². The largest absolute Gasteiger partial charge is 0.373 e. The van der Waals surface area contributed by atoms with Crippen LogP contribution in [0, 0.1) is 5.92 Å². The summed E-state index contributed by atoms with van der Waals surface area (Å²) in [6.45, 7) is 4.11. The number of aromatic nitrogens is 2. The summed E-state index contributed by atoms with van der Waals surface area (Å²) in [7, 11) is 0. The van der Waals surface area contributed by atoms with E-state index in [2.05, 4.69) is 15.1 Å². The van der Waals surface area contributed by atoms with Crippen molar-refractivity contribution in [3.05, 3.63) is 28.2 Å². The molecule has 3 aliphatic rings. The van der Waals surface area contributed by atoms with Crippen molar-refractivity contribution in [1.82, 2.24) is 20.0 Å². The maximum Gasteiger partial charge on any atom is 0.274 e. The molecule has 1 N–H and O–H groups in total. The quantitative estimate of drug-likeness (QED) is 0.830. The molecule has 1 saturated carbocycles. The number of hydrogen-bond acceptors (Lipinski definition) is 5. The lowest BCUT2D eigenvalue weighted by Crippen LogP contribution is -2.51. The molecule has 3 fully saturated rings. The van der Waals surface area contributed by atoms with Crippen LogP contribution in [0.1, 0.15) is 23.3 Å². The Balaban J connectivity index is 1.46. The molecule has 1 aromatic heterocycles. The van der Waals surface area contributed by atoms with E-state index in [0.717, 1.165) is 25.6 Å². The van der Waals surface area contributed by atoms with Gasteiger partial charge in [0.15, 0.2) is 0 Å². The van der Waals surface area contributed by atoms with Crippen LogP contribution in [-0.2, 0) is 4.74 Å². The molecule has 3 heterocycles. The van der Waals surface area contributed by atoms with E-state index in [-0.39, 0.29) is 23.3 Å². The predicted octanol–water partition coefficient (Wildman–Crippen LogP) is -0.295. The van der Waals surface area contributed by atoms with E-state index < -0.39 is 0 Å². The molecule has 4 rings (SSSR count). The predicted molar refractivity (Wildman–Crippen MR) is 78.6 cm³/mol. The number of nitrogens with one attached hydrogen (secondary N) is 1. The fourth-order valence-electron chi connectivity index (χ4n) is 3.41. The Morgan fingerprint density at radius 3 is 2.95 bits per heavy atom. The minimum absolute atomic E-state index is 0.0965. The van der Waals surface area contributed by atoms with Crippen LogP contribution in [0.15, 0.2) is 16.9 Å². The molecular weight excluding hydrogens is 284 g/mol. The van der Waals surface area contributed by atoms with Crippen LogP contribution in [0.25, 0.3) is 0 Å². The third-order valence-electron chi connectivity index (χ3n) is 4.79. The molecular formula is C15H20N4O3. The van der Waals surface area contributed by atoms with Crippen LogP contribution in [0.5, 0.6) is 0 Å². The fraction of sp³-hybridized carbons (Fsp3) is 0.667. The average Bonchev–Trinajstić information content (AvgIpc) is 3.23. The molecule has 7 heteroatoms. The van der Waals surface area contributed by atoms with Crippen molar-refractivity contribution in [3.8, 4) is 0 Å². The van der Waals surface area contributed by atoms with Crippen molar-refractivity contribution in [1.29, 1.82) is 0 Å². The van der Waals surface area contributed by atoms with Crippen LogP contribution in [0.4, 0.5) is 0 Å². The van der Waals surface area contributed by atoms with E-state index in [1.165, 1.54) is 25.0 Å². The molecule has 118 valence electrons. The van der Waals surface area contributed by atoms with Gasteiger partial charge >= 0.3 is 0 Å². The number of morpholine rings is 1. The fourth-order valence-corrected chi connectivity index (χ4v) is 3.41. The number of ether oxygens (including phenoxy) is 1. The summed E-state index contributed by atoms with van der Waals surface area (Å²) in [5.74, 6) is 0.699. The van der Waals surface area contributed by atoms with Crippen molar-refractivity contribution in [2.45, 2.75) is 25.0 Å². The van der Waals surface area contributed by atoms with Crippen molar-refractivity contribution < 1.29 is 9.53 Å². The van der Waals surface area contributed by atoms with E-state index in [4.69, 9.17) is 4.74 Å². The van der Waals surface area contributed by atoms with Gasteiger partial charge in [0.1, 0.15) is 5.69 Å². The van der Waals surface area contributed by atoms with Crippen LogP contribution in [0.3, 0.4) is 0 Å². The lowest BCUT2D eigenvalue weighted by atomic mass is 10.1. The molecule has 1 amide bonds. The topological polar surface area (TPSA) is 78.5 Å². The molecule has 7 nitrogen and oxygen atoms in total. The Morgan fingerprint density at radius 2 is 2.23 bits per heavy atom. The Morgan fingerprint density at radius 1 is 1.36 bits per heavy atom. The second-order valence-electron chi connectivity index (χ2n) is 6.43. The van der Waals surface area contributed by atoms with E-state index in [1.54, 1.807) is 4.90 Å². The van der Waals surface area contributed by atoms with E-state index >= 15 is 0 Å². The SMILES string of the molecule is O=C(c1ccc(=O)[nH]n1)N1C[C@@H]2OCCN(CC3CC3)[C@@H]2C1. The summed E-state index contributed by atoms with van der Waals surface area (Å²) in [5.41, 5.74) is -0.0161. The van der Waals surface area contributed by atoms with Gasteiger partial charge in [0, 0.05) is 32.2 Å². The summed E-state index contributed by atoms with van der Waals surface area (Å²) in [6.07, 6.45) is 2.76. The van der Waals surface area contributed by atoms with Crippen LogP contribution >= 0.6 is 0 Å². The van der Waals surface area contributed by atoms with Gasteiger partial charge in [-0.2, -0.15) is 5.10 Å². The molecule has 2 aliphatic heterocycles. The maximum absolute atomic E-state index is 12.5. The maximum atomic E-state index is 12.5. The van der Waals surface area contributed by atoms with Crippen LogP contribution < -0.4 is 5.56 Å². The number of rotatable bonds is 3. The highest BCUT2D eigenvalue weighted by atomic mass is 16.5. The molecule has 2 saturated heterocycles. The number of nitrogens with zero attached hydrogens (tertiary/aromatic N) is 3. The highest BCUT2D eigenvalue weighted by Crippen LogP contribution is 2.33. The molecule has 0 spiro atoms. The van der Waals surface area contributed by atoms with Crippen LogP contribution in [-0.4, -0.2) is 70.8 Å². The number of carbonyl (C=O) groups is 1. The van der Waals surface area contributed by atoms with E-state index in [0.29, 0.717) is 19.1 Å². The Kier molecular flexibility index (Phi) is 3.46. The van der Waals surface area contributed by atoms with E-state index in [9.17, 15) is 9.59 Å². The lowest BCUT2D eigenvalue weighted by molar-refractivity contribution is -0.0484. The minimum atomic E-state index is -0.300. The highest BCUT2D eigenvalue weighted by Gasteiger charge is 2.43. The number of H-pyrrole nitrogens is 1. The Labute approximate surface area is 128 Å². The molecule has 22 heavy (non-hydrogen) atoms. The van der Waals surface area contributed by atoms with Crippen molar-refractivity contribution in [2.24, 2.45) is 5.92 Å². The molecule has 2 atom stereocenters. The van der Waals surface area contributed by atoms with Gasteiger partial charge < -0.3 is 9.64 Å². The van der Waals surface area contributed by atoms with Gasteiger partial charge in [-0.1, -0.05) is 0 Å². The molecule has 0 bridgehead atoms. The summed E-state index contributed by atoms with van der Waals surface area (Å²) in [4.78, 5) is 27.8. The summed E-state index contributed by atoms with van der Waals surface area (Å²) < 4.78 is 5.86. The summed E-state index contributed by atoms with van der Waals surface area (Å²) >= 11 is 0. The monoisotopic (exact) mass is 304 g/mol. The smallest absolute Gasteiger partial charge is 0.274 e. The first-order valence-corrected chi connectivity index (χ1v) is 7.91. The molecule has 0 unspecified atom stereocenters. The number of fused-ring (bicyclic) bond motifs is 1. The van der Waals surface area contributed by atoms with Gasteiger partial charge in [-0.3, -0.25) is 14.5 Å².